The molecule has 1 aromatic rings. The smallest absolute Gasteiger partial charge is 0.269 e. The number of aliphatic hydroxyl groups is 1. The Hall–Kier alpha value is -2.84. The number of rotatable bonds is 10. The van der Waals surface area contributed by atoms with E-state index in [0.717, 1.165) is 45.2 Å². The van der Waals surface area contributed by atoms with E-state index in [1.54, 1.807) is 20.0 Å². The first-order valence-corrected chi connectivity index (χ1v) is 12.1. The molecule has 0 spiro atoms. The fraction of sp³-hybridized carbons (Fsp3) is 0.538. The van der Waals surface area contributed by atoms with Crippen molar-refractivity contribution in [2.45, 2.75) is 57.7 Å². The van der Waals surface area contributed by atoms with Crippen molar-refractivity contribution in [3.05, 3.63) is 47.3 Å². The summed E-state index contributed by atoms with van der Waals surface area (Å²) in [4.78, 5) is 34.5. The van der Waals surface area contributed by atoms with E-state index < -0.39 is 6.10 Å². The summed E-state index contributed by atoms with van der Waals surface area (Å²) in [5.74, 6) is 0.510. The molecule has 1 amide bonds. The van der Waals surface area contributed by atoms with Crippen LogP contribution in [-0.4, -0.2) is 73.0 Å². The van der Waals surface area contributed by atoms with Crippen LogP contribution in [0, 0.1) is 5.92 Å². The highest BCUT2D eigenvalue weighted by Crippen LogP contribution is 2.25. The number of fused-ring (bicyclic) bond motifs is 1. The molecule has 0 unspecified atom stereocenters. The first-order valence-electron chi connectivity index (χ1n) is 12.1. The van der Waals surface area contributed by atoms with Gasteiger partial charge in [-0.25, -0.2) is 4.99 Å². The molecule has 34 heavy (non-hydrogen) atoms. The average Bonchev–Trinajstić information content (AvgIpc) is 2.85. The quantitative estimate of drug-likeness (QED) is 0.456. The number of aliphatic imine (C=N–C) groups is 2. The van der Waals surface area contributed by atoms with E-state index in [9.17, 15) is 14.7 Å². The van der Waals surface area contributed by atoms with Gasteiger partial charge in [0, 0.05) is 51.3 Å². The molecular formula is C26H37N5O3. The predicted octanol–water partition coefficient (Wildman–Crippen LogP) is 1.87. The molecule has 1 aliphatic heterocycles. The number of hydrogen-bond acceptors (Lipinski definition) is 7. The molecule has 0 aromatic heterocycles. The van der Waals surface area contributed by atoms with E-state index in [1.165, 1.54) is 11.1 Å². The van der Waals surface area contributed by atoms with Gasteiger partial charge in [0.05, 0.1) is 6.10 Å². The van der Waals surface area contributed by atoms with Crippen molar-refractivity contribution < 1.29 is 14.7 Å². The van der Waals surface area contributed by atoms with Gasteiger partial charge in [-0.1, -0.05) is 24.3 Å². The van der Waals surface area contributed by atoms with Crippen LogP contribution in [0.1, 0.15) is 43.7 Å². The van der Waals surface area contributed by atoms with Gasteiger partial charge >= 0.3 is 0 Å². The summed E-state index contributed by atoms with van der Waals surface area (Å²) < 4.78 is 0. The standard InChI is InChI=1S/C26H37N5O3/c1-18(32)19-8-10-22(11-9-19)30-25(28-3)14-24(27-2)26(34)29-15-23(33)17-31-13-12-20-6-4-5-7-21(20)16-31/h4-7,14,19,22-23,30,33H,3,8-13,15-17H2,1-2H3,(H,29,34)/b25-14+,27-24+/t19?,22?,23-/m0/s1. The molecular weight excluding hydrogens is 430 g/mol. The maximum Gasteiger partial charge on any atom is 0.269 e. The van der Waals surface area contributed by atoms with Crippen molar-refractivity contribution in [2.24, 2.45) is 15.9 Å². The maximum absolute atomic E-state index is 12.7. The molecule has 2 aliphatic rings. The molecule has 1 heterocycles. The lowest BCUT2D eigenvalue weighted by atomic mass is 9.84. The Balaban J connectivity index is 1.46. The summed E-state index contributed by atoms with van der Waals surface area (Å²) in [6, 6.07) is 8.56. The number of β-amino-alcohol motifs (C(OH)–C–C–N with tert-alkyl or cyclic N) is 1. The molecule has 8 nitrogen and oxygen atoms in total. The summed E-state index contributed by atoms with van der Waals surface area (Å²) in [7, 11) is 1.55. The van der Waals surface area contributed by atoms with Gasteiger partial charge in [0.15, 0.2) is 0 Å². The Morgan fingerprint density at radius 1 is 1.24 bits per heavy atom. The Morgan fingerprint density at radius 2 is 1.94 bits per heavy atom. The zero-order valence-corrected chi connectivity index (χ0v) is 20.3. The van der Waals surface area contributed by atoms with Crippen LogP contribution in [-0.2, 0) is 22.6 Å². The van der Waals surface area contributed by atoms with Gasteiger partial charge in [-0.3, -0.25) is 19.5 Å². The Bertz CT molecular complexity index is 934. The van der Waals surface area contributed by atoms with Gasteiger partial charge in [0.25, 0.3) is 5.91 Å². The number of carbonyl (C=O) groups excluding carboxylic acids is 2. The zero-order chi connectivity index (χ0) is 24.5. The zero-order valence-electron chi connectivity index (χ0n) is 20.3. The van der Waals surface area contributed by atoms with E-state index >= 15 is 0 Å². The number of Topliss-reactive ketones (excluding diaryl/α,β-unsaturated/α-hetero) is 1. The predicted molar refractivity (Wildman–Crippen MR) is 135 cm³/mol. The highest BCUT2D eigenvalue weighted by atomic mass is 16.3. The summed E-state index contributed by atoms with van der Waals surface area (Å²) in [6.07, 6.45) is 5.31. The van der Waals surface area contributed by atoms with Crippen molar-refractivity contribution in [1.29, 1.82) is 0 Å². The summed E-state index contributed by atoms with van der Waals surface area (Å²) >= 11 is 0. The average molecular weight is 468 g/mol. The van der Waals surface area contributed by atoms with E-state index in [-0.39, 0.29) is 35.9 Å². The minimum atomic E-state index is -0.678. The van der Waals surface area contributed by atoms with Crippen LogP contribution < -0.4 is 10.6 Å². The second-order valence-electron chi connectivity index (χ2n) is 9.22. The van der Waals surface area contributed by atoms with Gasteiger partial charge in [0.1, 0.15) is 17.3 Å². The van der Waals surface area contributed by atoms with Crippen LogP contribution in [0.2, 0.25) is 0 Å². The molecule has 1 saturated carbocycles. The number of nitrogens with zero attached hydrogens (tertiary/aromatic N) is 3. The van der Waals surface area contributed by atoms with Crippen LogP contribution in [0.3, 0.4) is 0 Å². The third-order valence-corrected chi connectivity index (χ3v) is 6.75. The maximum atomic E-state index is 12.7. The first-order chi connectivity index (χ1) is 16.4. The second-order valence-corrected chi connectivity index (χ2v) is 9.22. The lowest BCUT2D eigenvalue weighted by Gasteiger charge is -2.30. The highest BCUT2D eigenvalue weighted by molar-refractivity contribution is 6.43. The van der Waals surface area contributed by atoms with E-state index in [0.29, 0.717) is 12.4 Å². The number of ketones is 1. The second kappa shape index (κ2) is 12.6. The molecule has 184 valence electrons. The normalized spacial score (nSPS) is 22.4. The fourth-order valence-corrected chi connectivity index (χ4v) is 4.72. The molecule has 8 heteroatoms. The van der Waals surface area contributed by atoms with E-state index in [2.05, 4.69) is 50.4 Å². The van der Waals surface area contributed by atoms with Crippen molar-refractivity contribution in [3.8, 4) is 0 Å². The lowest BCUT2D eigenvalue weighted by Crippen LogP contribution is -2.43. The molecule has 1 atom stereocenters. The van der Waals surface area contributed by atoms with E-state index in [4.69, 9.17) is 0 Å². The molecule has 1 aromatic carbocycles. The molecule has 1 fully saturated rings. The first kappa shape index (κ1) is 25.8. The topological polar surface area (TPSA) is 106 Å². The van der Waals surface area contributed by atoms with Crippen LogP contribution in [0.15, 0.2) is 46.1 Å². The molecule has 0 bridgehead atoms. The molecule has 0 radical (unpaired) electrons. The van der Waals surface area contributed by atoms with Crippen molar-refractivity contribution in [1.82, 2.24) is 15.5 Å². The van der Waals surface area contributed by atoms with Crippen molar-refractivity contribution in [3.63, 3.8) is 0 Å². The molecule has 3 N–H and O–H groups in total. The van der Waals surface area contributed by atoms with Gasteiger partial charge < -0.3 is 15.7 Å². The molecule has 0 saturated heterocycles. The Kier molecular flexibility index (Phi) is 9.53. The van der Waals surface area contributed by atoms with Crippen molar-refractivity contribution in [2.75, 3.05) is 26.7 Å². The van der Waals surface area contributed by atoms with Gasteiger partial charge in [-0.15, -0.1) is 0 Å². The number of hydrogen-bond donors (Lipinski definition) is 3. The minimum absolute atomic E-state index is 0.142. The largest absolute Gasteiger partial charge is 0.390 e. The lowest BCUT2D eigenvalue weighted by molar-refractivity contribution is -0.121. The SMILES string of the molecule is C=N/C(=C\C(=N/C)C(=O)NC[C@H](O)CN1CCc2ccccc2C1)NC1CCC(C(C)=O)CC1. The van der Waals surface area contributed by atoms with Gasteiger partial charge in [-0.05, 0) is 56.9 Å². The van der Waals surface area contributed by atoms with Gasteiger partial charge in [-0.2, -0.15) is 0 Å². The van der Waals surface area contributed by atoms with Crippen LogP contribution in [0.4, 0.5) is 0 Å². The third-order valence-electron chi connectivity index (χ3n) is 6.75. The van der Waals surface area contributed by atoms with Crippen LogP contribution in [0.5, 0.6) is 0 Å². The molecule has 3 rings (SSSR count). The minimum Gasteiger partial charge on any atom is -0.390 e. The fourth-order valence-electron chi connectivity index (χ4n) is 4.72. The Labute approximate surface area is 202 Å². The summed E-state index contributed by atoms with van der Waals surface area (Å²) in [5, 5.41) is 16.6. The number of benzene rings is 1. The summed E-state index contributed by atoms with van der Waals surface area (Å²) in [6.45, 7) is 7.59. The Morgan fingerprint density at radius 3 is 2.59 bits per heavy atom. The number of amides is 1. The highest BCUT2D eigenvalue weighted by Gasteiger charge is 2.24. The number of carbonyl (C=O) groups is 2. The molecule has 1 aliphatic carbocycles. The number of aliphatic hydroxyl groups excluding tert-OH is 1. The van der Waals surface area contributed by atoms with Crippen LogP contribution in [0.25, 0.3) is 0 Å². The number of nitrogens with one attached hydrogen (secondary N) is 2. The van der Waals surface area contributed by atoms with E-state index in [1.807, 2.05) is 6.07 Å². The third kappa shape index (κ3) is 7.33. The summed E-state index contributed by atoms with van der Waals surface area (Å²) in [5.41, 5.74) is 2.87. The van der Waals surface area contributed by atoms with Crippen LogP contribution >= 0.6 is 0 Å². The van der Waals surface area contributed by atoms with Crippen molar-refractivity contribution >= 4 is 24.1 Å². The van der Waals surface area contributed by atoms with Gasteiger partial charge in [0.2, 0.25) is 0 Å². The monoisotopic (exact) mass is 467 g/mol.